The van der Waals surface area contributed by atoms with Crippen molar-refractivity contribution in [3.8, 4) is 16.4 Å². The molecule has 152 valence electrons. The summed E-state index contributed by atoms with van der Waals surface area (Å²) in [6.45, 7) is 7.85. The molecule has 2 aromatic carbocycles. The molecule has 0 fully saturated rings. The van der Waals surface area contributed by atoms with Crippen molar-refractivity contribution in [2.75, 3.05) is 0 Å². The molecule has 0 radical (unpaired) electrons. The molecule has 2 aromatic heterocycles. The molecule has 0 bridgehead atoms. The Morgan fingerprint density at radius 2 is 1.63 bits per heavy atom. The van der Waals surface area contributed by atoms with E-state index >= 15 is 0 Å². The molecule has 0 aliphatic heterocycles. The van der Waals surface area contributed by atoms with Gasteiger partial charge >= 0.3 is 5.56 Å². The van der Waals surface area contributed by atoms with Crippen LogP contribution >= 0.6 is 27.3 Å². The minimum atomic E-state index is -0.268. The molecule has 0 aliphatic carbocycles. The van der Waals surface area contributed by atoms with E-state index in [0.717, 1.165) is 32.5 Å². The van der Waals surface area contributed by atoms with E-state index in [1.165, 1.54) is 21.6 Å². The first-order valence-corrected chi connectivity index (χ1v) is 11.0. The van der Waals surface area contributed by atoms with Crippen LogP contribution in [0.1, 0.15) is 22.4 Å². The number of hydrogen-bond acceptors (Lipinski definition) is 5. The lowest BCUT2D eigenvalue weighted by Gasteiger charge is -2.04. The number of azo groups is 1. The average Bonchev–Trinajstić information content (AvgIpc) is 3.27. The average molecular weight is 482 g/mol. The minimum absolute atomic E-state index is 0.268. The fourth-order valence-electron chi connectivity index (χ4n) is 3.34. The molecular weight excluding hydrogens is 462 g/mol. The molecule has 0 saturated heterocycles. The van der Waals surface area contributed by atoms with Crippen LogP contribution in [0.25, 0.3) is 16.4 Å². The lowest BCUT2D eigenvalue weighted by Crippen LogP contribution is -2.13. The normalized spacial score (nSPS) is 11.5. The maximum Gasteiger partial charge on any atom is 0.301 e. The summed E-state index contributed by atoms with van der Waals surface area (Å²) in [6.07, 6.45) is 0. The molecule has 8 heteroatoms. The van der Waals surface area contributed by atoms with E-state index < -0.39 is 0 Å². The molecule has 1 N–H and O–H groups in total. The van der Waals surface area contributed by atoms with Gasteiger partial charge in [-0.15, -0.1) is 21.6 Å². The van der Waals surface area contributed by atoms with Gasteiger partial charge in [0.25, 0.3) is 0 Å². The maximum atomic E-state index is 13.0. The van der Waals surface area contributed by atoms with Crippen molar-refractivity contribution in [2.45, 2.75) is 27.7 Å². The zero-order chi connectivity index (χ0) is 21.4. The van der Waals surface area contributed by atoms with Crippen molar-refractivity contribution >= 4 is 38.6 Å². The molecular formula is C22H20BrN5OS. The van der Waals surface area contributed by atoms with Gasteiger partial charge in [0, 0.05) is 15.4 Å². The highest BCUT2D eigenvalue weighted by Gasteiger charge is 2.16. The number of rotatable bonds is 4. The van der Waals surface area contributed by atoms with Gasteiger partial charge in [0.05, 0.1) is 17.1 Å². The highest BCUT2D eigenvalue weighted by Crippen LogP contribution is 2.28. The molecule has 0 saturated carbocycles. The number of benzene rings is 2. The summed E-state index contributed by atoms with van der Waals surface area (Å²) in [5.74, 6) is 0. The molecule has 0 amide bonds. The maximum absolute atomic E-state index is 13.0. The van der Waals surface area contributed by atoms with Crippen LogP contribution in [0.5, 0.6) is 0 Å². The summed E-state index contributed by atoms with van der Waals surface area (Å²) in [7, 11) is 0. The molecule has 4 rings (SSSR count). The second kappa shape index (κ2) is 8.12. The van der Waals surface area contributed by atoms with Gasteiger partial charge in [-0.25, -0.2) is 4.98 Å². The second-order valence-corrected chi connectivity index (χ2v) is 8.95. The van der Waals surface area contributed by atoms with Gasteiger partial charge in [-0.05, 0) is 51.0 Å². The van der Waals surface area contributed by atoms with Gasteiger partial charge in [0.15, 0.2) is 5.69 Å². The second-order valence-electron chi connectivity index (χ2n) is 7.20. The summed E-state index contributed by atoms with van der Waals surface area (Å²) in [4.78, 5) is 17.6. The Labute approximate surface area is 186 Å². The van der Waals surface area contributed by atoms with E-state index in [4.69, 9.17) is 0 Å². The van der Waals surface area contributed by atoms with Crippen molar-refractivity contribution in [1.29, 1.82) is 0 Å². The Hall–Kier alpha value is -2.84. The smallest absolute Gasteiger partial charge is 0.291 e. The Morgan fingerprint density at radius 1 is 1.00 bits per heavy atom. The number of nitrogens with one attached hydrogen (secondary N) is 1. The summed E-state index contributed by atoms with van der Waals surface area (Å²) in [5.41, 5.74) is 6.50. The molecule has 0 aliphatic rings. The summed E-state index contributed by atoms with van der Waals surface area (Å²) in [5, 5.41) is 14.2. The lowest BCUT2D eigenvalue weighted by atomic mass is 10.1. The first-order valence-electron chi connectivity index (χ1n) is 9.36. The van der Waals surface area contributed by atoms with Gasteiger partial charge in [0.1, 0.15) is 0 Å². The zero-order valence-corrected chi connectivity index (χ0v) is 19.4. The van der Waals surface area contributed by atoms with Crippen LogP contribution in [0, 0.1) is 27.7 Å². The van der Waals surface area contributed by atoms with Crippen LogP contribution in [0.2, 0.25) is 0 Å². The molecule has 4 aromatic rings. The van der Waals surface area contributed by atoms with E-state index in [9.17, 15) is 4.79 Å². The van der Waals surface area contributed by atoms with Crippen molar-refractivity contribution in [3.63, 3.8) is 0 Å². The van der Waals surface area contributed by atoms with Gasteiger partial charge in [-0.2, -0.15) is 4.68 Å². The third-order valence-corrected chi connectivity index (χ3v) is 6.10. The van der Waals surface area contributed by atoms with Crippen molar-refractivity contribution in [2.24, 2.45) is 10.2 Å². The fourth-order valence-corrected chi connectivity index (χ4v) is 4.40. The standard InChI is InChI=1S/C22H20BrN5OS/c1-12-9-13(2)19(14(3)10-12)25-26-20-15(4)27-28(21(20)29)22-24-18(11-30-22)16-5-7-17(23)8-6-16/h5-11,27H,1-4H3. The topological polar surface area (TPSA) is 75.4 Å². The summed E-state index contributed by atoms with van der Waals surface area (Å²) < 4.78 is 2.43. The zero-order valence-electron chi connectivity index (χ0n) is 17.0. The van der Waals surface area contributed by atoms with Crippen molar-refractivity contribution in [3.05, 3.63) is 79.0 Å². The molecule has 0 atom stereocenters. The SMILES string of the molecule is Cc1cc(C)c(N=Nc2c(C)[nH]n(-c3nc(-c4ccc(Br)cc4)cs3)c2=O)c(C)c1. The molecule has 0 spiro atoms. The number of aromatic nitrogens is 3. The Morgan fingerprint density at radius 3 is 2.30 bits per heavy atom. The number of aryl methyl sites for hydroxylation is 4. The Bertz CT molecular complexity index is 1290. The molecule has 30 heavy (non-hydrogen) atoms. The van der Waals surface area contributed by atoms with Crippen LogP contribution in [-0.4, -0.2) is 14.8 Å². The van der Waals surface area contributed by atoms with E-state index in [1.54, 1.807) is 0 Å². The number of aromatic amines is 1. The van der Waals surface area contributed by atoms with Crippen LogP contribution in [-0.2, 0) is 0 Å². The third-order valence-electron chi connectivity index (χ3n) is 4.75. The Kier molecular flexibility index (Phi) is 5.53. The van der Waals surface area contributed by atoms with Crippen molar-refractivity contribution < 1.29 is 0 Å². The lowest BCUT2D eigenvalue weighted by molar-refractivity contribution is 0.827. The predicted molar refractivity (Wildman–Crippen MR) is 125 cm³/mol. The van der Waals surface area contributed by atoms with E-state index in [1.807, 2.05) is 57.3 Å². The number of thiazole rings is 1. The highest BCUT2D eigenvalue weighted by atomic mass is 79.9. The van der Waals surface area contributed by atoms with Crippen LogP contribution < -0.4 is 5.56 Å². The Balaban J connectivity index is 1.68. The number of halogens is 1. The van der Waals surface area contributed by atoms with Gasteiger partial charge in [0.2, 0.25) is 5.13 Å². The van der Waals surface area contributed by atoms with E-state index in [2.05, 4.69) is 48.4 Å². The minimum Gasteiger partial charge on any atom is -0.291 e. The fraction of sp³-hybridized carbons (Fsp3) is 0.182. The summed E-state index contributed by atoms with van der Waals surface area (Å²) >= 11 is 4.83. The molecule has 0 unspecified atom stereocenters. The monoisotopic (exact) mass is 481 g/mol. The third kappa shape index (κ3) is 3.93. The number of nitrogens with zero attached hydrogens (tertiary/aromatic N) is 4. The van der Waals surface area contributed by atoms with E-state index in [-0.39, 0.29) is 11.2 Å². The van der Waals surface area contributed by atoms with Gasteiger partial charge in [-0.1, -0.05) is 45.8 Å². The van der Waals surface area contributed by atoms with Crippen LogP contribution in [0.15, 0.2) is 61.3 Å². The largest absolute Gasteiger partial charge is 0.301 e. The molecule has 2 heterocycles. The summed E-state index contributed by atoms with van der Waals surface area (Å²) in [6, 6.07) is 12.0. The predicted octanol–water partition coefficient (Wildman–Crippen LogP) is 6.70. The van der Waals surface area contributed by atoms with E-state index in [0.29, 0.717) is 10.8 Å². The van der Waals surface area contributed by atoms with Crippen LogP contribution in [0.3, 0.4) is 0 Å². The van der Waals surface area contributed by atoms with Gasteiger partial charge in [-0.3, -0.25) is 9.89 Å². The number of hydrogen-bond donors (Lipinski definition) is 1. The first kappa shape index (κ1) is 20.4. The van der Waals surface area contributed by atoms with Crippen molar-refractivity contribution in [1.82, 2.24) is 14.8 Å². The number of H-pyrrole nitrogens is 1. The highest BCUT2D eigenvalue weighted by molar-refractivity contribution is 9.10. The quantitative estimate of drug-likeness (QED) is 0.329. The van der Waals surface area contributed by atoms with Gasteiger partial charge < -0.3 is 0 Å². The first-order chi connectivity index (χ1) is 14.3. The van der Waals surface area contributed by atoms with Crippen LogP contribution in [0.4, 0.5) is 11.4 Å². The molecule has 6 nitrogen and oxygen atoms in total.